The fourth-order valence-electron chi connectivity index (χ4n) is 2.65. The van der Waals surface area contributed by atoms with Gasteiger partial charge in [-0.25, -0.2) is 8.42 Å². The third-order valence-electron chi connectivity index (χ3n) is 3.97. The summed E-state index contributed by atoms with van der Waals surface area (Å²) in [6.07, 6.45) is -0.351. The van der Waals surface area contributed by atoms with E-state index < -0.39 is 27.2 Å². The summed E-state index contributed by atoms with van der Waals surface area (Å²) in [7, 11) is -2.19. The molecule has 2 heterocycles. The van der Waals surface area contributed by atoms with E-state index in [9.17, 15) is 18.0 Å². The predicted molar refractivity (Wildman–Crippen MR) is 72.4 cm³/mol. The van der Waals surface area contributed by atoms with Crippen molar-refractivity contribution >= 4 is 21.5 Å². The summed E-state index contributed by atoms with van der Waals surface area (Å²) in [4.78, 5) is 25.5. The summed E-state index contributed by atoms with van der Waals surface area (Å²) in [5.74, 6) is -1.06. The van der Waals surface area contributed by atoms with Crippen molar-refractivity contribution in [1.82, 2.24) is 4.90 Å². The number of carbonyl (C=O) groups is 2. The maximum Gasteiger partial charge on any atom is 0.260 e. The minimum atomic E-state index is -3.50. The van der Waals surface area contributed by atoms with Crippen LogP contribution in [0.4, 0.5) is 0 Å². The molecule has 0 N–H and O–H groups in total. The first-order valence-electron chi connectivity index (χ1n) is 6.57. The van der Waals surface area contributed by atoms with Gasteiger partial charge in [0.1, 0.15) is 0 Å². The number of Topliss-reactive ketones (excluding diaryl/α,β-unsaturated/α-hetero) is 1. The summed E-state index contributed by atoms with van der Waals surface area (Å²) in [6, 6.07) is 0. The van der Waals surface area contributed by atoms with E-state index in [-0.39, 0.29) is 23.2 Å². The minimum Gasteiger partial charge on any atom is -0.368 e. The second-order valence-electron chi connectivity index (χ2n) is 5.36. The van der Waals surface area contributed by atoms with Gasteiger partial charge < -0.3 is 4.74 Å². The van der Waals surface area contributed by atoms with E-state index in [1.54, 1.807) is 13.8 Å². The molecule has 3 atom stereocenters. The molecule has 0 aromatic heterocycles. The van der Waals surface area contributed by atoms with Crippen LogP contribution in [0.15, 0.2) is 11.3 Å². The quantitative estimate of drug-likeness (QED) is 0.706. The third-order valence-corrected chi connectivity index (χ3v) is 6.00. The highest BCUT2D eigenvalue weighted by Crippen LogP contribution is 2.38. The Morgan fingerprint density at radius 2 is 2.10 bits per heavy atom. The summed E-state index contributed by atoms with van der Waals surface area (Å²) < 4.78 is 29.3. The van der Waals surface area contributed by atoms with Crippen LogP contribution in [0.3, 0.4) is 0 Å². The Hall–Kier alpha value is -1.21. The monoisotopic (exact) mass is 301 g/mol. The zero-order valence-corrected chi connectivity index (χ0v) is 12.9. The van der Waals surface area contributed by atoms with Crippen LogP contribution >= 0.6 is 0 Å². The maximum atomic E-state index is 12.4. The van der Waals surface area contributed by atoms with Crippen LogP contribution in [-0.2, 0) is 24.2 Å². The Kier molecular flexibility index (Phi) is 3.77. The topological polar surface area (TPSA) is 80.7 Å². The first-order valence-corrected chi connectivity index (χ1v) is 8.29. The number of carbonyl (C=O) groups excluding carboxylic acids is 2. The number of β-lactam (4-membered cyclic amide) rings is 1. The van der Waals surface area contributed by atoms with E-state index in [2.05, 4.69) is 0 Å². The zero-order chi connectivity index (χ0) is 15.2. The summed E-state index contributed by atoms with van der Waals surface area (Å²) in [5, 5.41) is -1.05. The number of rotatable bonds is 4. The predicted octanol–water partition coefficient (Wildman–Crippen LogP) is 0.487. The lowest BCUT2D eigenvalue weighted by atomic mass is 9.95. The number of methoxy groups -OCH3 is 1. The van der Waals surface area contributed by atoms with Crippen LogP contribution in [0, 0.1) is 5.92 Å². The SMILES string of the molecule is CCC(C)C(=O)C1=C(C)CS(=O)(=O)[C@@H]2[C@@H](OC)C(=O)N12. The second-order valence-corrected chi connectivity index (χ2v) is 7.46. The number of hydrogen-bond donors (Lipinski definition) is 0. The van der Waals surface area contributed by atoms with E-state index in [1.807, 2.05) is 6.92 Å². The number of sulfone groups is 1. The molecule has 0 saturated carbocycles. The van der Waals surface area contributed by atoms with E-state index in [0.29, 0.717) is 12.0 Å². The van der Waals surface area contributed by atoms with Crippen molar-refractivity contribution in [3.63, 3.8) is 0 Å². The molecule has 1 amide bonds. The molecule has 0 aromatic rings. The Morgan fingerprint density at radius 3 is 2.60 bits per heavy atom. The average Bonchev–Trinajstić information content (AvgIpc) is 2.37. The van der Waals surface area contributed by atoms with E-state index in [4.69, 9.17) is 4.74 Å². The molecular formula is C13H19NO5S. The van der Waals surface area contributed by atoms with Crippen LogP contribution in [0.2, 0.25) is 0 Å². The fourth-order valence-corrected chi connectivity index (χ4v) is 4.70. The molecule has 2 aliphatic heterocycles. The van der Waals surface area contributed by atoms with Gasteiger partial charge in [-0.2, -0.15) is 0 Å². The molecule has 1 saturated heterocycles. The molecule has 7 heteroatoms. The third kappa shape index (κ3) is 2.00. The molecule has 112 valence electrons. The van der Waals surface area contributed by atoms with Crippen LogP contribution in [0.5, 0.6) is 0 Å². The van der Waals surface area contributed by atoms with Gasteiger partial charge in [0.15, 0.2) is 27.1 Å². The number of hydrogen-bond acceptors (Lipinski definition) is 5. The van der Waals surface area contributed by atoms with Crippen molar-refractivity contribution in [1.29, 1.82) is 0 Å². The lowest BCUT2D eigenvalue weighted by Gasteiger charge is -2.48. The van der Waals surface area contributed by atoms with E-state index >= 15 is 0 Å². The first-order chi connectivity index (χ1) is 9.26. The van der Waals surface area contributed by atoms with Gasteiger partial charge in [-0.05, 0) is 18.9 Å². The van der Waals surface area contributed by atoms with Gasteiger partial charge in [-0.3, -0.25) is 14.5 Å². The molecule has 20 heavy (non-hydrogen) atoms. The Labute approximate surface area is 118 Å². The molecule has 6 nitrogen and oxygen atoms in total. The van der Waals surface area contributed by atoms with E-state index in [0.717, 1.165) is 4.90 Å². The van der Waals surface area contributed by atoms with Crippen molar-refractivity contribution in [2.75, 3.05) is 12.9 Å². The van der Waals surface area contributed by atoms with Crippen molar-refractivity contribution in [2.24, 2.45) is 5.92 Å². The van der Waals surface area contributed by atoms with Crippen molar-refractivity contribution in [3.8, 4) is 0 Å². The Bertz CT molecular complexity index is 592. The molecule has 0 aliphatic carbocycles. The zero-order valence-electron chi connectivity index (χ0n) is 12.0. The van der Waals surface area contributed by atoms with Crippen LogP contribution in [-0.4, -0.2) is 49.3 Å². The number of ether oxygens (including phenoxy) is 1. The number of nitrogens with zero attached hydrogens (tertiary/aromatic N) is 1. The Balaban J connectivity index is 2.48. The van der Waals surface area contributed by atoms with Gasteiger partial charge in [0.2, 0.25) is 0 Å². The number of amides is 1. The van der Waals surface area contributed by atoms with Gasteiger partial charge in [0.05, 0.1) is 11.4 Å². The smallest absolute Gasteiger partial charge is 0.260 e. The van der Waals surface area contributed by atoms with Crippen molar-refractivity contribution in [2.45, 2.75) is 38.7 Å². The lowest BCUT2D eigenvalue weighted by Crippen LogP contribution is -2.70. The molecular weight excluding hydrogens is 282 g/mol. The number of allylic oxidation sites excluding steroid dienone is 1. The molecule has 1 unspecified atom stereocenters. The average molecular weight is 301 g/mol. The van der Waals surface area contributed by atoms with Gasteiger partial charge in [-0.15, -0.1) is 0 Å². The van der Waals surface area contributed by atoms with Crippen LogP contribution in [0.25, 0.3) is 0 Å². The van der Waals surface area contributed by atoms with Gasteiger partial charge in [-0.1, -0.05) is 13.8 Å². The molecule has 0 bridgehead atoms. The molecule has 0 spiro atoms. The molecule has 2 rings (SSSR count). The summed E-state index contributed by atoms with van der Waals surface area (Å²) in [6.45, 7) is 5.25. The Morgan fingerprint density at radius 1 is 1.50 bits per heavy atom. The normalized spacial score (nSPS) is 29.8. The van der Waals surface area contributed by atoms with Crippen LogP contribution < -0.4 is 0 Å². The lowest BCUT2D eigenvalue weighted by molar-refractivity contribution is -0.160. The maximum absolute atomic E-state index is 12.4. The highest BCUT2D eigenvalue weighted by Gasteiger charge is 2.59. The highest BCUT2D eigenvalue weighted by atomic mass is 32.2. The van der Waals surface area contributed by atoms with Crippen LogP contribution in [0.1, 0.15) is 27.2 Å². The standard InChI is InChI=1S/C13H19NO5S/c1-5-7(2)10(15)9-8(3)6-20(17,18)13-11(19-4)12(16)14(9)13/h7,11,13H,5-6H2,1-4H3/t7?,11-,13+/m0/s1. The van der Waals surface area contributed by atoms with Gasteiger partial charge in [0.25, 0.3) is 5.91 Å². The van der Waals surface area contributed by atoms with Crippen molar-refractivity contribution in [3.05, 3.63) is 11.3 Å². The van der Waals surface area contributed by atoms with E-state index in [1.165, 1.54) is 7.11 Å². The fraction of sp³-hybridized carbons (Fsp3) is 0.692. The molecule has 0 radical (unpaired) electrons. The molecule has 2 aliphatic rings. The molecule has 1 fully saturated rings. The van der Waals surface area contributed by atoms with Crippen molar-refractivity contribution < 1.29 is 22.7 Å². The van der Waals surface area contributed by atoms with Gasteiger partial charge in [0, 0.05) is 13.0 Å². The number of ketones is 1. The largest absolute Gasteiger partial charge is 0.368 e. The van der Waals surface area contributed by atoms with Gasteiger partial charge >= 0.3 is 0 Å². The highest BCUT2D eigenvalue weighted by molar-refractivity contribution is 7.92. The summed E-state index contributed by atoms with van der Waals surface area (Å²) >= 11 is 0. The first kappa shape index (κ1) is 15.2. The summed E-state index contributed by atoms with van der Waals surface area (Å²) in [5.41, 5.74) is 0.687. The minimum absolute atomic E-state index is 0.173. The molecule has 0 aromatic carbocycles. The second kappa shape index (κ2) is 4.96. The number of fused-ring (bicyclic) bond motifs is 1.